The van der Waals surface area contributed by atoms with Gasteiger partial charge in [0, 0.05) is 0 Å². The van der Waals surface area contributed by atoms with Gasteiger partial charge in [-0.3, -0.25) is 4.79 Å². The molecule has 2 unspecified atom stereocenters. The van der Waals surface area contributed by atoms with Crippen molar-refractivity contribution in [2.24, 2.45) is 5.92 Å². The summed E-state index contributed by atoms with van der Waals surface area (Å²) in [5.74, 6) is 0.469. The van der Waals surface area contributed by atoms with Crippen LogP contribution in [0.1, 0.15) is 48.9 Å². The van der Waals surface area contributed by atoms with Crippen LogP contribution >= 0.6 is 0 Å². The number of hydrogen-bond donors (Lipinski definition) is 2. The number of carbonyl (C=O) groups is 1. The molecule has 1 fully saturated rings. The number of rotatable bonds is 3. The van der Waals surface area contributed by atoms with Gasteiger partial charge >= 0.3 is 0 Å². The summed E-state index contributed by atoms with van der Waals surface area (Å²) >= 11 is 0. The number of oxazole rings is 1. The van der Waals surface area contributed by atoms with Crippen molar-refractivity contribution >= 4 is 5.91 Å². The molecule has 0 aromatic carbocycles. The van der Waals surface area contributed by atoms with E-state index in [0.717, 1.165) is 25.7 Å². The van der Waals surface area contributed by atoms with E-state index >= 15 is 0 Å². The number of carbonyl (C=O) groups excluding carboxylic acids is 1. The van der Waals surface area contributed by atoms with Crippen molar-refractivity contribution in [1.82, 2.24) is 10.3 Å². The van der Waals surface area contributed by atoms with Gasteiger partial charge in [0.2, 0.25) is 5.76 Å². The van der Waals surface area contributed by atoms with Crippen LogP contribution in [0.2, 0.25) is 0 Å². The summed E-state index contributed by atoms with van der Waals surface area (Å²) in [4.78, 5) is 16.0. The second-order valence-corrected chi connectivity index (χ2v) is 5.36. The lowest BCUT2D eigenvalue weighted by atomic mass is 9.77. The molecular formula is C13H20N2O3. The molecule has 1 aromatic heterocycles. The molecule has 1 saturated carbocycles. The van der Waals surface area contributed by atoms with Crippen LogP contribution < -0.4 is 5.32 Å². The molecule has 0 radical (unpaired) electrons. The molecule has 1 aliphatic rings. The zero-order valence-electron chi connectivity index (χ0n) is 10.9. The Balaban J connectivity index is 2.11. The summed E-state index contributed by atoms with van der Waals surface area (Å²) in [7, 11) is 0. The highest BCUT2D eigenvalue weighted by molar-refractivity contribution is 5.92. The molecular weight excluding hydrogens is 232 g/mol. The van der Waals surface area contributed by atoms with E-state index < -0.39 is 5.54 Å². The quantitative estimate of drug-likeness (QED) is 0.857. The summed E-state index contributed by atoms with van der Waals surface area (Å²) in [5, 5.41) is 12.5. The fourth-order valence-electron chi connectivity index (χ4n) is 2.77. The van der Waals surface area contributed by atoms with Gasteiger partial charge in [0.25, 0.3) is 5.91 Å². The normalized spacial score (nSPS) is 28.1. The Kier molecular flexibility index (Phi) is 3.71. The SMILES string of the molecule is Cc1ncoc1C(=O)NC1(CO)CCCC(C)C1. The van der Waals surface area contributed by atoms with E-state index in [1.54, 1.807) is 6.92 Å². The molecule has 0 saturated heterocycles. The lowest BCUT2D eigenvalue weighted by molar-refractivity contribution is 0.0673. The van der Waals surface area contributed by atoms with Crippen molar-refractivity contribution in [3.63, 3.8) is 0 Å². The molecule has 1 aliphatic carbocycles. The first-order chi connectivity index (χ1) is 8.56. The van der Waals surface area contributed by atoms with E-state index in [1.807, 2.05) is 0 Å². The molecule has 0 aliphatic heterocycles. The van der Waals surface area contributed by atoms with Crippen LogP contribution in [0.15, 0.2) is 10.8 Å². The van der Waals surface area contributed by atoms with E-state index in [-0.39, 0.29) is 18.3 Å². The molecule has 5 nitrogen and oxygen atoms in total. The van der Waals surface area contributed by atoms with Crippen LogP contribution in [0.25, 0.3) is 0 Å². The number of aliphatic hydroxyl groups is 1. The first-order valence-electron chi connectivity index (χ1n) is 6.40. The minimum Gasteiger partial charge on any atom is -0.438 e. The first kappa shape index (κ1) is 13.1. The number of aromatic nitrogens is 1. The Morgan fingerprint density at radius 3 is 3.06 bits per heavy atom. The van der Waals surface area contributed by atoms with Gasteiger partial charge in [0.05, 0.1) is 17.8 Å². The maximum absolute atomic E-state index is 12.1. The largest absolute Gasteiger partial charge is 0.438 e. The highest BCUT2D eigenvalue weighted by Gasteiger charge is 2.36. The highest BCUT2D eigenvalue weighted by atomic mass is 16.3. The number of aliphatic hydroxyl groups excluding tert-OH is 1. The first-order valence-corrected chi connectivity index (χ1v) is 6.40. The summed E-state index contributed by atoms with van der Waals surface area (Å²) < 4.78 is 5.08. The average Bonchev–Trinajstić information content (AvgIpc) is 2.75. The smallest absolute Gasteiger partial charge is 0.289 e. The molecule has 2 N–H and O–H groups in total. The molecule has 1 heterocycles. The maximum atomic E-state index is 12.1. The minimum absolute atomic E-state index is 0.0315. The van der Waals surface area contributed by atoms with Crippen molar-refractivity contribution in [2.75, 3.05) is 6.61 Å². The van der Waals surface area contributed by atoms with Crippen LogP contribution in [0.4, 0.5) is 0 Å². The fourth-order valence-corrected chi connectivity index (χ4v) is 2.77. The van der Waals surface area contributed by atoms with Crippen LogP contribution in [-0.4, -0.2) is 28.1 Å². The van der Waals surface area contributed by atoms with Crippen LogP contribution in [0.3, 0.4) is 0 Å². The second-order valence-electron chi connectivity index (χ2n) is 5.36. The Hall–Kier alpha value is -1.36. The van der Waals surface area contributed by atoms with Gasteiger partial charge in [0.1, 0.15) is 0 Å². The van der Waals surface area contributed by atoms with Crippen molar-refractivity contribution < 1.29 is 14.3 Å². The van der Waals surface area contributed by atoms with Crippen LogP contribution in [-0.2, 0) is 0 Å². The van der Waals surface area contributed by atoms with Crippen molar-refractivity contribution in [1.29, 1.82) is 0 Å². The van der Waals surface area contributed by atoms with Crippen molar-refractivity contribution in [3.8, 4) is 0 Å². The third-order valence-electron chi connectivity index (χ3n) is 3.72. The Labute approximate surface area is 107 Å². The van der Waals surface area contributed by atoms with Gasteiger partial charge in [-0.2, -0.15) is 0 Å². The number of amides is 1. The van der Waals surface area contributed by atoms with Gasteiger partial charge < -0.3 is 14.8 Å². The van der Waals surface area contributed by atoms with E-state index in [0.29, 0.717) is 11.6 Å². The van der Waals surface area contributed by atoms with Crippen LogP contribution in [0, 0.1) is 12.8 Å². The standard InChI is InChI=1S/C13H20N2O3/c1-9-4-3-5-13(6-9,7-16)15-12(17)11-10(2)14-8-18-11/h8-9,16H,3-7H2,1-2H3,(H,15,17). The molecule has 1 amide bonds. The summed E-state index contributed by atoms with van der Waals surface area (Å²) in [6.45, 7) is 3.85. The third-order valence-corrected chi connectivity index (χ3v) is 3.72. The minimum atomic E-state index is -0.506. The van der Waals surface area contributed by atoms with Gasteiger partial charge in [-0.05, 0) is 25.7 Å². The zero-order valence-corrected chi connectivity index (χ0v) is 10.9. The van der Waals surface area contributed by atoms with Gasteiger partial charge in [-0.15, -0.1) is 0 Å². The number of aryl methyl sites for hydroxylation is 1. The lowest BCUT2D eigenvalue weighted by Gasteiger charge is -2.39. The molecule has 0 bridgehead atoms. The zero-order chi connectivity index (χ0) is 13.2. The van der Waals surface area contributed by atoms with Gasteiger partial charge in [0.15, 0.2) is 6.39 Å². The van der Waals surface area contributed by atoms with Gasteiger partial charge in [-0.25, -0.2) is 4.98 Å². The van der Waals surface area contributed by atoms with Crippen molar-refractivity contribution in [3.05, 3.63) is 17.8 Å². The molecule has 1 aromatic rings. The molecule has 18 heavy (non-hydrogen) atoms. The monoisotopic (exact) mass is 252 g/mol. The second kappa shape index (κ2) is 5.10. The molecule has 2 atom stereocenters. The maximum Gasteiger partial charge on any atom is 0.289 e. The topological polar surface area (TPSA) is 75.4 Å². The van der Waals surface area contributed by atoms with Crippen LogP contribution in [0.5, 0.6) is 0 Å². The Bertz CT molecular complexity index is 430. The number of nitrogens with one attached hydrogen (secondary N) is 1. The number of hydrogen-bond acceptors (Lipinski definition) is 4. The predicted octanol–water partition coefficient (Wildman–Crippen LogP) is 1.65. The Morgan fingerprint density at radius 2 is 2.50 bits per heavy atom. The summed E-state index contributed by atoms with van der Waals surface area (Å²) in [5.41, 5.74) is 0.0676. The summed E-state index contributed by atoms with van der Waals surface area (Å²) in [6, 6.07) is 0. The van der Waals surface area contributed by atoms with E-state index in [9.17, 15) is 9.90 Å². The average molecular weight is 252 g/mol. The summed E-state index contributed by atoms with van der Waals surface area (Å²) in [6.07, 6.45) is 5.06. The van der Waals surface area contributed by atoms with E-state index in [4.69, 9.17) is 4.42 Å². The Morgan fingerprint density at radius 1 is 1.72 bits per heavy atom. The molecule has 2 rings (SSSR count). The fraction of sp³-hybridized carbons (Fsp3) is 0.692. The molecule has 0 spiro atoms. The highest BCUT2D eigenvalue weighted by Crippen LogP contribution is 2.32. The molecule has 100 valence electrons. The van der Waals surface area contributed by atoms with E-state index in [2.05, 4.69) is 17.2 Å². The van der Waals surface area contributed by atoms with E-state index in [1.165, 1.54) is 6.39 Å². The third kappa shape index (κ3) is 2.56. The number of nitrogens with zero attached hydrogens (tertiary/aromatic N) is 1. The predicted molar refractivity (Wildman–Crippen MR) is 66.2 cm³/mol. The molecule has 5 heteroatoms. The lowest BCUT2D eigenvalue weighted by Crippen LogP contribution is -2.53. The van der Waals surface area contributed by atoms with Crippen molar-refractivity contribution in [2.45, 2.75) is 45.1 Å². The van der Waals surface area contributed by atoms with Gasteiger partial charge in [-0.1, -0.05) is 19.8 Å².